The average molecular weight is 236 g/mol. The fourth-order valence-electron chi connectivity index (χ4n) is 1.70. The van der Waals surface area contributed by atoms with Crippen molar-refractivity contribution in [3.05, 3.63) is 30.1 Å². The first kappa shape index (κ1) is 13.6. The van der Waals surface area contributed by atoms with Gasteiger partial charge in [-0.1, -0.05) is 6.07 Å². The minimum absolute atomic E-state index is 0.00745. The summed E-state index contributed by atoms with van der Waals surface area (Å²) in [5.41, 5.74) is 0.925. The lowest BCUT2D eigenvalue weighted by molar-refractivity contribution is -0.133. The van der Waals surface area contributed by atoms with Gasteiger partial charge in [0.05, 0.1) is 6.61 Å². The van der Waals surface area contributed by atoms with Gasteiger partial charge >= 0.3 is 0 Å². The molecule has 0 aliphatic carbocycles. The van der Waals surface area contributed by atoms with E-state index in [4.69, 9.17) is 5.11 Å². The third kappa shape index (κ3) is 4.53. The first-order valence-corrected chi connectivity index (χ1v) is 5.95. The number of aryl methyl sites for hydroxylation is 1. The highest BCUT2D eigenvalue weighted by atomic mass is 16.3. The molecule has 0 radical (unpaired) electrons. The molecule has 0 aromatic carbocycles. The monoisotopic (exact) mass is 236 g/mol. The zero-order valence-electron chi connectivity index (χ0n) is 10.5. The van der Waals surface area contributed by atoms with Crippen LogP contribution in [-0.2, 0) is 11.2 Å². The van der Waals surface area contributed by atoms with Crippen LogP contribution in [0.15, 0.2) is 24.4 Å². The fraction of sp³-hybridized carbons (Fsp3) is 0.538. The Balaban J connectivity index is 2.47. The van der Waals surface area contributed by atoms with Crippen molar-refractivity contribution in [1.82, 2.24) is 9.88 Å². The molecular weight excluding hydrogens is 216 g/mol. The number of aliphatic hydroxyl groups excluding tert-OH is 1. The number of rotatable bonds is 6. The van der Waals surface area contributed by atoms with Crippen molar-refractivity contribution in [1.29, 1.82) is 0 Å². The largest absolute Gasteiger partial charge is 0.395 e. The summed E-state index contributed by atoms with van der Waals surface area (Å²) in [5.74, 6) is 0.0692. The third-order valence-electron chi connectivity index (χ3n) is 2.61. The SMILES string of the molecule is CC(C)N(CCO)C(=O)CCc1ccccn1. The van der Waals surface area contributed by atoms with Gasteiger partial charge in [-0.25, -0.2) is 0 Å². The summed E-state index contributed by atoms with van der Waals surface area (Å²) in [6.45, 7) is 4.31. The maximum atomic E-state index is 11.9. The molecule has 0 unspecified atom stereocenters. The molecule has 17 heavy (non-hydrogen) atoms. The second-order valence-electron chi connectivity index (χ2n) is 4.23. The Morgan fingerprint density at radius 1 is 1.47 bits per heavy atom. The van der Waals surface area contributed by atoms with E-state index < -0.39 is 0 Å². The average Bonchev–Trinajstić information content (AvgIpc) is 2.34. The van der Waals surface area contributed by atoms with E-state index >= 15 is 0 Å². The van der Waals surface area contributed by atoms with Crippen LogP contribution in [0.4, 0.5) is 0 Å². The molecule has 1 aromatic heterocycles. The van der Waals surface area contributed by atoms with E-state index in [0.717, 1.165) is 5.69 Å². The van der Waals surface area contributed by atoms with E-state index in [2.05, 4.69) is 4.98 Å². The van der Waals surface area contributed by atoms with Gasteiger partial charge in [-0.05, 0) is 32.4 Å². The van der Waals surface area contributed by atoms with Crippen molar-refractivity contribution >= 4 is 5.91 Å². The van der Waals surface area contributed by atoms with Crippen LogP contribution in [0.2, 0.25) is 0 Å². The standard InChI is InChI=1S/C13H20N2O2/c1-11(2)15(9-10-16)13(17)7-6-12-5-3-4-8-14-12/h3-5,8,11,16H,6-7,9-10H2,1-2H3. The van der Waals surface area contributed by atoms with Crippen molar-refractivity contribution in [3.8, 4) is 0 Å². The van der Waals surface area contributed by atoms with E-state index in [1.54, 1.807) is 11.1 Å². The maximum Gasteiger partial charge on any atom is 0.223 e. The molecule has 0 atom stereocenters. The lowest BCUT2D eigenvalue weighted by Crippen LogP contribution is -2.39. The number of aromatic nitrogens is 1. The molecule has 1 heterocycles. The molecule has 0 bridgehead atoms. The van der Waals surface area contributed by atoms with Crippen LogP contribution in [0.5, 0.6) is 0 Å². The van der Waals surface area contributed by atoms with Crippen LogP contribution < -0.4 is 0 Å². The molecule has 4 nitrogen and oxygen atoms in total. The molecule has 4 heteroatoms. The highest BCUT2D eigenvalue weighted by Gasteiger charge is 2.15. The number of nitrogens with zero attached hydrogens (tertiary/aromatic N) is 2. The Kier molecular flexibility index (Phi) is 5.63. The van der Waals surface area contributed by atoms with E-state index in [9.17, 15) is 4.79 Å². The second kappa shape index (κ2) is 7.01. The Morgan fingerprint density at radius 3 is 2.76 bits per heavy atom. The minimum atomic E-state index is 0.00745. The second-order valence-corrected chi connectivity index (χ2v) is 4.23. The molecular formula is C13H20N2O2. The first-order chi connectivity index (χ1) is 8.15. The molecule has 0 aliphatic heterocycles. The van der Waals surface area contributed by atoms with Crippen LogP contribution >= 0.6 is 0 Å². The molecule has 94 valence electrons. The number of hydrogen-bond donors (Lipinski definition) is 1. The Hall–Kier alpha value is -1.42. The number of pyridine rings is 1. The summed E-state index contributed by atoms with van der Waals surface area (Å²) in [6, 6.07) is 5.82. The van der Waals surface area contributed by atoms with Gasteiger partial charge < -0.3 is 10.0 Å². The van der Waals surface area contributed by atoms with Gasteiger partial charge in [-0.3, -0.25) is 9.78 Å². The van der Waals surface area contributed by atoms with Crippen LogP contribution in [0.3, 0.4) is 0 Å². The topological polar surface area (TPSA) is 53.4 Å². The third-order valence-corrected chi connectivity index (χ3v) is 2.61. The van der Waals surface area contributed by atoms with E-state index in [-0.39, 0.29) is 18.6 Å². The zero-order valence-corrected chi connectivity index (χ0v) is 10.5. The zero-order chi connectivity index (χ0) is 12.7. The van der Waals surface area contributed by atoms with Crippen LogP contribution in [0, 0.1) is 0 Å². The Labute approximate surface area is 102 Å². The van der Waals surface area contributed by atoms with Crippen LogP contribution in [0.25, 0.3) is 0 Å². The van der Waals surface area contributed by atoms with Crippen molar-refractivity contribution in [2.45, 2.75) is 32.7 Å². The number of aliphatic hydroxyl groups is 1. The Bertz CT molecular complexity index is 339. The first-order valence-electron chi connectivity index (χ1n) is 5.95. The van der Waals surface area contributed by atoms with Gasteiger partial charge in [0, 0.05) is 30.9 Å². The van der Waals surface area contributed by atoms with Gasteiger partial charge in [0.15, 0.2) is 0 Å². The molecule has 0 fully saturated rings. The predicted octanol–water partition coefficient (Wildman–Crippen LogP) is 1.24. The summed E-state index contributed by atoms with van der Waals surface area (Å²) in [5, 5.41) is 8.91. The smallest absolute Gasteiger partial charge is 0.223 e. The van der Waals surface area contributed by atoms with Gasteiger partial charge in [-0.15, -0.1) is 0 Å². The van der Waals surface area contributed by atoms with Crippen molar-refractivity contribution in [2.75, 3.05) is 13.2 Å². The molecule has 1 aromatic rings. The van der Waals surface area contributed by atoms with Crippen molar-refractivity contribution < 1.29 is 9.90 Å². The summed E-state index contributed by atoms with van der Waals surface area (Å²) >= 11 is 0. The molecule has 1 N–H and O–H groups in total. The quantitative estimate of drug-likeness (QED) is 0.808. The molecule has 0 saturated heterocycles. The highest BCUT2D eigenvalue weighted by Crippen LogP contribution is 2.05. The normalized spacial score (nSPS) is 10.6. The number of amides is 1. The van der Waals surface area contributed by atoms with Gasteiger partial charge in [0.2, 0.25) is 5.91 Å². The molecule has 1 amide bonds. The van der Waals surface area contributed by atoms with Crippen LogP contribution in [-0.4, -0.2) is 40.1 Å². The minimum Gasteiger partial charge on any atom is -0.395 e. The van der Waals surface area contributed by atoms with Crippen LogP contribution in [0.1, 0.15) is 26.0 Å². The van der Waals surface area contributed by atoms with Crippen molar-refractivity contribution in [3.63, 3.8) is 0 Å². The molecule has 0 saturated carbocycles. The number of carbonyl (C=O) groups excluding carboxylic acids is 1. The van der Waals surface area contributed by atoms with Gasteiger partial charge in [0.1, 0.15) is 0 Å². The summed E-state index contributed by atoms with van der Waals surface area (Å²) in [7, 11) is 0. The lowest BCUT2D eigenvalue weighted by atomic mass is 10.2. The predicted molar refractivity (Wildman–Crippen MR) is 66.5 cm³/mol. The summed E-state index contributed by atoms with van der Waals surface area (Å²) in [4.78, 5) is 17.8. The van der Waals surface area contributed by atoms with Gasteiger partial charge in [0.25, 0.3) is 0 Å². The maximum absolute atomic E-state index is 11.9. The Morgan fingerprint density at radius 2 is 2.24 bits per heavy atom. The molecule has 1 rings (SSSR count). The number of carbonyl (C=O) groups is 1. The van der Waals surface area contributed by atoms with Crippen molar-refractivity contribution in [2.24, 2.45) is 0 Å². The molecule has 0 aliphatic rings. The van der Waals surface area contributed by atoms with E-state index in [1.165, 1.54) is 0 Å². The van der Waals surface area contributed by atoms with Gasteiger partial charge in [-0.2, -0.15) is 0 Å². The lowest BCUT2D eigenvalue weighted by Gasteiger charge is -2.25. The summed E-state index contributed by atoms with van der Waals surface area (Å²) < 4.78 is 0. The van der Waals surface area contributed by atoms with E-state index in [1.807, 2.05) is 32.0 Å². The summed E-state index contributed by atoms with van der Waals surface area (Å²) in [6.07, 6.45) is 2.82. The fourth-order valence-corrected chi connectivity index (χ4v) is 1.70. The number of hydrogen-bond acceptors (Lipinski definition) is 3. The molecule has 0 spiro atoms. The highest BCUT2D eigenvalue weighted by molar-refractivity contribution is 5.76. The van der Waals surface area contributed by atoms with E-state index in [0.29, 0.717) is 19.4 Å².